The highest BCUT2D eigenvalue weighted by Gasteiger charge is 2.21. The van der Waals surface area contributed by atoms with Gasteiger partial charge in [0.2, 0.25) is 0 Å². The highest BCUT2D eigenvalue weighted by Crippen LogP contribution is 2.17. The third kappa shape index (κ3) is 2.70. The normalized spacial score (nSPS) is 20.8. The molecule has 20 heavy (non-hydrogen) atoms. The number of H-pyrrole nitrogens is 1. The summed E-state index contributed by atoms with van der Waals surface area (Å²) in [5, 5.41) is 7.60. The van der Waals surface area contributed by atoms with Crippen molar-refractivity contribution in [3.8, 4) is 0 Å². The Labute approximate surface area is 118 Å². The smallest absolute Gasteiger partial charge is 0.251 e. The number of hydrogen-bond donors (Lipinski definition) is 3. The predicted octanol–water partition coefficient (Wildman–Crippen LogP) is 2.29. The maximum absolute atomic E-state index is 12.3. The summed E-state index contributed by atoms with van der Waals surface area (Å²) in [6.07, 6.45) is 4.27. The Hall–Kier alpha value is -1.81. The number of aromatic nitrogens is 1. The molecule has 1 aliphatic heterocycles. The van der Waals surface area contributed by atoms with Crippen molar-refractivity contribution >= 4 is 16.8 Å². The first-order valence-corrected chi connectivity index (χ1v) is 7.33. The fourth-order valence-electron chi connectivity index (χ4n) is 2.91. The molecule has 0 aliphatic carbocycles. The largest absolute Gasteiger partial charge is 0.361 e. The zero-order valence-corrected chi connectivity index (χ0v) is 11.8. The van der Waals surface area contributed by atoms with E-state index < -0.39 is 0 Å². The lowest BCUT2D eigenvalue weighted by Gasteiger charge is -2.28. The molecule has 0 bridgehead atoms. The lowest BCUT2D eigenvalue weighted by Crippen LogP contribution is -2.44. The lowest BCUT2D eigenvalue weighted by molar-refractivity contribution is 0.0922. The third-order valence-electron chi connectivity index (χ3n) is 4.22. The fraction of sp³-hybridized carbons (Fsp3) is 0.438. The van der Waals surface area contributed by atoms with E-state index in [0.717, 1.165) is 29.6 Å². The van der Waals surface area contributed by atoms with Crippen LogP contribution in [0.1, 0.15) is 30.1 Å². The topological polar surface area (TPSA) is 56.9 Å². The number of aromatic amines is 1. The molecule has 1 fully saturated rings. The van der Waals surface area contributed by atoms with E-state index in [1.54, 1.807) is 0 Å². The maximum atomic E-state index is 12.3. The van der Waals surface area contributed by atoms with Crippen molar-refractivity contribution in [1.82, 2.24) is 15.6 Å². The van der Waals surface area contributed by atoms with Crippen LogP contribution >= 0.6 is 0 Å². The lowest BCUT2D eigenvalue weighted by atomic mass is 9.92. The van der Waals surface area contributed by atoms with E-state index in [1.165, 1.54) is 12.8 Å². The SMILES string of the molecule is CC(NC(=O)c1ccc2[nH]ccc2c1)C1CCCNC1. The minimum atomic E-state index is 0.0196. The number of benzene rings is 1. The number of hydrogen-bond acceptors (Lipinski definition) is 2. The first-order chi connectivity index (χ1) is 9.74. The standard InChI is InChI=1S/C16H21N3O/c1-11(14-3-2-7-17-10-14)19-16(20)13-4-5-15-12(9-13)6-8-18-15/h4-6,8-9,11,14,17-18H,2-3,7,10H2,1H3,(H,19,20). The van der Waals surface area contributed by atoms with Crippen molar-refractivity contribution in [2.45, 2.75) is 25.8 Å². The number of carbonyl (C=O) groups excluding carboxylic acids is 1. The van der Waals surface area contributed by atoms with Gasteiger partial charge in [-0.25, -0.2) is 0 Å². The molecule has 1 amide bonds. The summed E-state index contributed by atoms with van der Waals surface area (Å²) in [4.78, 5) is 15.5. The molecule has 4 heteroatoms. The summed E-state index contributed by atoms with van der Waals surface area (Å²) < 4.78 is 0. The second-order valence-corrected chi connectivity index (χ2v) is 5.65. The highest BCUT2D eigenvalue weighted by molar-refractivity contribution is 5.98. The van der Waals surface area contributed by atoms with Crippen LogP contribution in [0.2, 0.25) is 0 Å². The number of carbonyl (C=O) groups is 1. The van der Waals surface area contributed by atoms with E-state index in [2.05, 4.69) is 22.5 Å². The van der Waals surface area contributed by atoms with Gasteiger partial charge in [0.1, 0.15) is 0 Å². The zero-order chi connectivity index (χ0) is 13.9. The molecule has 1 aromatic heterocycles. The highest BCUT2D eigenvalue weighted by atomic mass is 16.1. The molecule has 0 spiro atoms. The molecule has 3 rings (SSSR count). The Bertz CT molecular complexity index is 599. The second-order valence-electron chi connectivity index (χ2n) is 5.65. The summed E-state index contributed by atoms with van der Waals surface area (Å²) >= 11 is 0. The van der Waals surface area contributed by atoms with E-state index in [1.807, 2.05) is 30.5 Å². The fourth-order valence-corrected chi connectivity index (χ4v) is 2.91. The predicted molar refractivity (Wildman–Crippen MR) is 80.8 cm³/mol. The summed E-state index contributed by atoms with van der Waals surface area (Å²) in [5.41, 5.74) is 1.79. The zero-order valence-electron chi connectivity index (χ0n) is 11.8. The van der Waals surface area contributed by atoms with Crippen LogP contribution < -0.4 is 10.6 Å². The first kappa shape index (κ1) is 13.2. The summed E-state index contributed by atoms with van der Waals surface area (Å²) in [5.74, 6) is 0.551. The summed E-state index contributed by atoms with van der Waals surface area (Å²) in [6.45, 7) is 4.20. The third-order valence-corrected chi connectivity index (χ3v) is 4.22. The van der Waals surface area contributed by atoms with Crippen molar-refractivity contribution in [2.75, 3.05) is 13.1 Å². The van der Waals surface area contributed by atoms with Crippen LogP contribution in [-0.4, -0.2) is 30.0 Å². The van der Waals surface area contributed by atoms with Crippen molar-refractivity contribution in [3.05, 3.63) is 36.0 Å². The van der Waals surface area contributed by atoms with E-state index in [9.17, 15) is 4.79 Å². The van der Waals surface area contributed by atoms with Gasteiger partial charge in [-0.2, -0.15) is 0 Å². The number of fused-ring (bicyclic) bond motifs is 1. The van der Waals surface area contributed by atoms with Gasteiger partial charge in [-0.1, -0.05) is 0 Å². The van der Waals surface area contributed by atoms with Crippen molar-refractivity contribution in [3.63, 3.8) is 0 Å². The molecule has 2 atom stereocenters. The van der Waals surface area contributed by atoms with Gasteiger partial charge in [-0.15, -0.1) is 0 Å². The monoisotopic (exact) mass is 271 g/mol. The molecule has 3 N–H and O–H groups in total. The number of rotatable bonds is 3. The molecule has 1 aliphatic rings. The Balaban J connectivity index is 1.68. The number of amides is 1. The molecule has 0 saturated carbocycles. The van der Waals surface area contributed by atoms with Crippen molar-refractivity contribution in [2.24, 2.45) is 5.92 Å². The molecule has 1 saturated heterocycles. The molecular weight excluding hydrogens is 250 g/mol. The van der Waals surface area contributed by atoms with Crippen molar-refractivity contribution in [1.29, 1.82) is 0 Å². The van der Waals surface area contributed by atoms with Gasteiger partial charge >= 0.3 is 0 Å². The van der Waals surface area contributed by atoms with Crippen LogP contribution in [0.5, 0.6) is 0 Å². The number of nitrogens with one attached hydrogen (secondary N) is 3. The Morgan fingerprint density at radius 3 is 3.10 bits per heavy atom. The van der Waals surface area contributed by atoms with Gasteiger partial charge < -0.3 is 15.6 Å². The maximum Gasteiger partial charge on any atom is 0.251 e. The van der Waals surface area contributed by atoms with Crippen molar-refractivity contribution < 1.29 is 4.79 Å². The van der Waals surface area contributed by atoms with Gasteiger partial charge in [0.15, 0.2) is 0 Å². The van der Waals surface area contributed by atoms with Crippen LogP contribution in [0.25, 0.3) is 10.9 Å². The molecular formula is C16H21N3O. The van der Waals surface area contributed by atoms with Gasteiger partial charge in [0.25, 0.3) is 5.91 Å². The summed E-state index contributed by atoms with van der Waals surface area (Å²) in [6, 6.07) is 7.96. The molecule has 1 aromatic carbocycles. The quantitative estimate of drug-likeness (QED) is 0.802. The average Bonchev–Trinajstić information content (AvgIpc) is 2.95. The summed E-state index contributed by atoms with van der Waals surface area (Å²) in [7, 11) is 0. The Kier molecular flexibility index (Phi) is 3.74. The minimum absolute atomic E-state index is 0.0196. The average molecular weight is 271 g/mol. The van der Waals surface area contributed by atoms with E-state index in [-0.39, 0.29) is 11.9 Å². The van der Waals surface area contributed by atoms with E-state index in [4.69, 9.17) is 0 Å². The van der Waals surface area contributed by atoms with Gasteiger partial charge in [0, 0.05) is 28.7 Å². The van der Waals surface area contributed by atoms with Crippen LogP contribution in [0.3, 0.4) is 0 Å². The van der Waals surface area contributed by atoms with Gasteiger partial charge in [-0.05, 0) is 63.0 Å². The molecule has 0 radical (unpaired) electrons. The molecule has 2 aromatic rings. The number of piperidine rings is 1. The Morgan fingerprint density at radius 2 is 2.30 bits per heavy atom. The van der Waals surface area contributed by atoms with E-state index >= 15 is 0 Å². The first-order valence-electron chi connectivity index (χ1n) is 7.33. The second kappa shape index (κ2) is 5.67. The van der Waals surface area contributed by atoms with Crippen LogP contribution in [0.4, 0.5) is 0 Å². The van der Waals surface area contributed by atoms with Gasteiger partial charge in [-0.3, -0.25) is 4.79 Å². The van der Waals surface area contributed by atoms with Crippen LogP contribution in [-0.2, 0) is 0 Å². The molecule has 106 valence electrons. The Morgan fingerprint density at radius 1 is 1.40 bits per heavy atom. The van der Waals surface area contributed by atoms with Gasteiger partial charge in [0.05, 0.1) is 0 Å². The molecule has 2 unspecified atom stereocenters. The van der Waals surface area contributed by atoms with E-state index in [0.29, 0.717) is 5.92 Å². The molecule has 2 heterocycles. The van der Waals surface area contributed by atoms with Crippen LogP contribution in [0, 0.1) is 5.92 Å². The molecule has 4 nitrogen and oxygen atoms in total. The van der Waals surface area contributed by atoms with Crippen LogP contribution in [0.15, 0.2) is 30.5 Å². The minimum Gasteiger partial charge on any atom is -0.361 e.